The Bertz CT molecular complexity index is 1440. The maximum absolute atomic E-state index is 14.3. The molecule has 3 heterocycles. The average molecular weight is 467 g/mol. The minimum absolute atomic E-state index is 0.319. The number of hydrogen-bond acceptors (Lipinski definition) is 6. The van der Waals surface area contributed by atoms with Crippen LogP contribution in [0.2, 0.25) is 0 Å². The highest BCUT2D eigenvalue weighted by atomic mass is 32.2. The fourth-order valence-corrected chi connectivity index (χ4v) is 5.77. The molecule has 0 saturated carbocycles. The van der Waals surface area contributed by atoms with Gasteiger partial charge in [0.25, 0.3) is 0 Å². The zero-order valence-electron chi connectivity index (χ0n) is 18.3. The summed E-state index contributed by atoms with van der Waals surface area (Å²) in [5.41, 5.74) is 2.48. The van der Waals surface area contributed by atoms with Crippen LogP contribution in [0.3, 0.4) is 0 Å². The van der Waals surface area contributed by atoms with Gasteiger partial charge in [-0.05, 0) is 55.3 Å². The van der Waals surface area contributed by atoms with E-state index >= 15 is 0 Å². The van der Waals surface area contributed by atoms with Crippen molar-refractivity contribution in [2.45, 2.75) is 18.7 Å². The van der Waals surface area contributed by atoms with Gasteiger partial charge in [-0.1, -0.05) is 24.3 Å². The molecule has 0 bridgehead atoms. The van der Waals surface area contributed by atoms with Gasteiger partial charge in [0, 0.05) is 26.2 Å². The van der Waals surface area contributed by atoms with Crippen molar-refractivity contribution in [2.75, 3.05) is 31.1 Å². The summed E-state index contributed by atoms with van der Waals surface area (Å²) in [7, 11) is -3.57. The number of rotatable bonds is 4. The summed E-state index contributed by atoms with van der Waals surface area (Å²) in [5.74, 6) is 0.578. The lowest BCUT2D eigenvalue weighted by molar-refractivity contribution is 0.383. The van der Waals surface area contributed by atoms with Crippen LogP contribution in [0.15, 0.2) is 59.5 Å². The SMILES string of the molecule is Cc1ccc(C)c(S(=O)(=O)N2CCN(c3ccc4nnc(-c5ccccc5F)n4n3)CC2)c1. The minimum Gasteiger partial charge on any atom is -0.353 e. The molecule has 2 aromatic carbocycles. The topological polar surface area (TPSA) is 83.7 Å². The zero-order chi connectivity index (χ0) is 23.2. The van der Waals surface area contributed by atoms with Gasteiger partial charge in [-0.3, -0.25) is 0 Å². The summed E-state index contributed by atoms with van der Waals surface area (Å²) in [5, 5.41) is 12.8. The Morgan fingerprint density at radius 1 is 0.909 bits per heavy atom. The molecule has 1 aliphatic rings. The minimum atomic E-state index is -3.57. The molecule has 1 fully saturated rings. The third kappa shape index (κ3) is 3.85. The number of halogens is 1. The van der Waals surface area contributed by atoms with E-state index in [0.717, 1.165) is 11.1 Å². The Balaban J connectivity index is 1.39. The van der Waals surface area contributed by atoms with Crippen LogP contribution in [-0.4, -0.2) is 58.7 Å². The molecule has 0 aliphatic carbocycles. The quantitative estimate of drug-likeness (QED) is 0.460. The number of fused-ring (bicyclic) bond motifs is 1. The third-order valence-corrected chi connectivity index (χ3v) is 7.93. The Labute approximate surface area is 191 Å². The lowest BCUT2D eigenvalue weighted by atomic mass is 10.2. The highest BCUT2D eigenvalue weighted by Gasteiger charge is 2.30. The van der Waals surface area contributed by atoms with Gasteiger partial charge < -0.3 is 4.90 Å². The fourth-order valence-electron chi connectivity index (χ4n) is 4.04. The van der Waals surface area contributed by atoms with Gasteiger partial charge in [0.05, 0.1) is 10.5 Å². The van der Waals surface area contributed by atoms with Gasteiger partial charge in [0.2, 0.25) is 10.0 Å². The van der Waals surface area contributed by atoms with Crippen molar-refractivity contribution in [2.24, 2.45) is 0 Å². The summed E-state index contributed by atoms with van der Waals surface area (Å²) in [6.45, 7) is 5.36. The van der Waals surface area contributed by atoms with E-state index < -0.39 is 15.8 Å². The number of sulfonamides is 1. The maximum atomic E-state index is 14.3. The van der Waals surface area contributed by atoms with Gasteiger partial charge in [-0.15, -0.1) is 15.3 Å². The monoisotopic (exact) mass is 466 g/mol. The number of aryl methyl sites for hydroxylation is 2. The van der Waals surface area contributed by atoms with Crippen molar-refractivity contribution >= 4 is 21.5 Å². The first-order valence-electron chi connectivity index (χ1n) is 10.6. The largest absolute Gasteiger partial charge is 0.353 e. The normalized spacial score (nSPS) is 15.3. The molecule has 0 radical (unpaired) electrons. The molecule has 8 nitrogen and oxygen atoms in total. The summed E-state index contributed by atoms with van der Waals surface area (Å²) in [6.07, 6.45) is 0. The Kier molecular flexibility index (Phi) is 5.34. The first kappa shape index (κ1) is 21.5. The fraction of sp³-hybridized carbons (Fsp3) is 0.261. The molecule has 1 saturated heterocycles. The number of anilines is 1. The molecule has 5 rings (SSSR count). The molecule has 170 valence electrons. The molecule has 2 aromatic heterocycles. The van der Waals surface area contributed by atoms with Crippen LogP contribution in [-0.2, 0) is 10.0 Å². The van der Waals surface area contributed by atoms with Crippen LogP contribution < -0.4 is 4.90 Å². The highest BCUT2D eigenvalue weighted by Crippen LogP contribution is 2.25. The van der Waals surface area contributed by atoms with Crippen LogP contribution in [0.25, 0.3) is 17.0 Å². The molecule has 0 N–H and O–H groups in total. The number of nitrogens with zero attached hydrogens (tertiary/aromatic N) is 6. The molecule has 1 aliphatic heterocycles. The van der Waals surface area contributed by atoms with Crippen molar-refractivity contribution in [3.8, 4) is 11.4 Å². The molecule has 0 unspecified atom stereocenters. The van der Waals surface area contributed by atoms with E-state index in [9.17, 15) is 12.8 Å². The Morgan fingerprint density at radius 3 is 2.42 bits per heavy atom. The average Bonchev–Trinajstić information content (AvgIpc) is 3.24. The Hall–Kier alpha value is -3.37. The number of piperazine rings is 1. The number of benzene rings is 2. The van der Waals surface area contributed by atoms with Gasteiger partial charge in [-0.25, -0.2) is 12.8 Å². The van der Waals surface area contributed by atoms with Crippen LogP contribution in [0.4, 0.5) is 10.2 Å². The summed E-state index contributed by atoms with van der Waals surface area (Å²) < 4.78 is 43.8. The maximum Gasteiger partial charge on any atom is 0.243 e. The second-order valence-electron chi connectivity index (χ2n) is 8.13. The van der Waals surface area contributed by atoms with Crippen LogP contribution in [0, 0.1) is 19.7 Å². The lowest BCUT2D eigenvalue weighted by Gasteiger charge is -2.34. The van der Waals surface area contributed by atoms with Crippen molar-refractivity contribution in [3.63, 3.8) is 0 Å². The van der Waals surface area contributed by atoms with Crippen molar-refractivity contribution in [1.82, 2.24) is 24.1 Å². The predicted octanol–water partition coefficient (Wildman–Crippen LogP) is 3.06. The van der Waals surface area contributed by atoms with E-state index in [4.69, 9.17) is 0 Å². The zero-order valence-corrected chi connectivity index (χ0v) is 19.1. The van der Waals surface area contributed by atoms with Gasteiger partial charge in [-0.2, -0.15) is 8.82 Å². The van der Waals surface area contributed by atoms with Crippen molar-refractivity contribution < 1.29 is 12.8 Å². The first-order valence-corrected chi connectivity index (χ1v) is 12.1. The van der Waals surface area contributed by atoms with E-state index in [0.29, 0.717) is 53.9 Å². The standard InChI is InChI=1S/C23H23FN6O2S/c1-16-7-8-17(2)20(15-16)33(31,32)29-13-11-28(12-14-29)22-10-9-21-25-26-23(30(21)27-22)18-5-3-4-6-19(18)24/h3-10,15H,11-14H2,1-2H3. The van der Waals surface area contributed by atoms with Crippen molar-refractivity contribution in [1.29, 1.82) is 0 Å². The number of aromatic nitrogens is 4. The summed E-state index contributed by atoms with van der Waals surface area (Å²) >= 11 is 0. The number of hydrogen-bond donors (Lipinski definition) is 0. The molecule has 10 heteroatoms. The molecule has 33 heavy (non-hydrogen) atoms. The van der Waals surface area contributed by atoms with Crippen LogP contribution >= 0.6 is 0 Å². The summed E-state index contributed by atoms with van der Waals surface area (Å²) in [4.78, 5) is 2.37. The van der Waals surface area contributed by atoms with Gasteiger partial charge in [0.1, 0.15) is 11.6 Å². The van der Waals surface area contributed by atoms with Crippen LogP contribution in [0.1, 0.15) is 11.1 Å². The molecule has 4 aromatic rings. The second-order valence-corrected chi connectivity index (χ2v) is 10.0. The van der Waals surface area contributed by atoms with E-state index in [2.05, 4.69) is 15.3 Å². The van der Waals surface area contributed by atoms with Crippen molar-refractivity contribution in [3.05, 3.63) is 71.5 Å². The van der Waals surface area contributed by atoms with Gasteiger partial charge >= 0.3 is 0 Å². The molecular weight excluding hydrogens is 443 g/mol. The predicted molar refractivity (Wildman–Crippen MR) is 123 cm³/mol. The third-order valence-electron chi connectivity index (χ3n) is 5.89. The molecular formula is C23H23FN6O2S. The smallest absolute Gasteiger partial charge is 0.243 e. The Morgan fingerprint density at radius 2 is 1.67 bits per heavy atom. The van der Waals surface area contributed by atoms with E-state index in [1.807, 2.05) is 36.9 Å². The highest BCUT2D eigenvalue weighted by molar-refractivity contribution is 7.89. The second kappa shape index (κ2) is 8.20. The molecule has 0 amide bonds. The van der Waals surface area contributed by atoms with Gasteiger partial charge in [0.15, 0.2) is 11.5 Å². The van der Waals surface area contributed by atoms with E-state index in [1.165, 1.54) is 14.9 Å². The molecule has 0 atom stereocenters. The van der Waals surface area contributed by atoms with Crippen LogP contribution in [0.5, 0.6) is 0 Å². The van der Waals surface area contributed by atoms with E-state index in [1.54, 1.807) is 30.3 Å². The first-order chi connectivity index (χ1) is 15.8. The van der Waals surface area contributed by atoms with E-state index in [-0.39, 0.29) is 0 Å². The lowest BCUT2D eigenvalue weighted by Crippen LogP contribution is -2.49. The molecule has 0 spiro atoms. The summed E-state index contributed by atoms with van der Waals surface area (Å²) in [6, 6.07) is 15.4.